The van der Waals surface area contributed by atoms with E-state index in [9.17, 15) is 0 Å². The fourth-order valence-electron chi connectivity index (χ4n) is 5.91. The summed E-state index contributed by atoms with van der Waals surface area (Å²) < 4.78 is 72.2. The van der Waals surface area contributed by atoms with Crippen LogP contribution in [-0.2, 0) is 45.3 Å². The first-order chi connectivity index (χ1) is 20.2. The molecule has 0 aromatic rings. The maximum absolute atomic E-state index is 6.77. The van der Waals surface area contributed by atoms with E-state index in [4.69, 9.17) is 45.3 Å². The van der Waals surface area contributed by atoms with Crippen molar-refractivity contribution in [2.75, 3.05) is 0 Å². The largest absolute Gasteiger partial charge is 0.436 e. The molecule has 0 heterocycles. The molecule has 0 aliphatic carbocycles. The Morgan fingerprint density at radius 3 is 0.532 bits per heavy atom. The van der Waals surface area contributed by atoms with Crippen LogP contribution in [0.15, 0.2) is 0 Å². The molecule has 282 valence electrons. The van der Waals surface area contributed by atoms with Crippen molar-refractivity contribution < 1.29 is 45.3 Å². The summed E-state index contributed by atoms with van der Waals surface area (Å²) in [5.74, 6) is 0. The molecule has 0 spiro atoms. The van der Waals surface area contributed by atoms with Crippen LogP contribution in [0.2, 0.25) is 157 Å². The lowest BCUT2D eigenvalue weighted by Crippen LogP contribution is -2.62. The maximum Gasteiger partial charge on any atom is 0.360 e. The fourth-order valence-corrected chi connectivity index (χ4v) is 56.9. The van der Waals surface area contributed by atoms with Gasteiger partial charge in [0.25, 0.3) is 0 Å². The minimum atomic E-state index is -2.68. The molecule has 0 aromatic carbocycles. The molecule has 0 aliphatic rings. The second-order valence-electron chi connectivity index (χ2n) is 17.5. The molecule has 11 nitrogen and oxygen atoms in total. The highest BCUT2D eigenvalue weighted by atomic mass is 28.5. The van der Waals surface area contributed by atoms with Gasteiger partial charge in [0.05, 0.1) is 0 Å². The van der Waals surface area contributed by atoms with Crippen LogP contribution in [0.4, 0.5) is 0 Å². The molecule has 0 fully saturated rings. The van der Waals surface area contributed by atoms with Gasteiger partial charge in [0, 0.05) is 0 Å². The molecule has 47 heavy (non-hydrogen) atoms. The predicted octanol–water partition coefficient (Wildman–Crippen LogP) is 8.69. The first-order valence-electron chi connectivity index (χ1n) is 16.5. The second kappa shape index (κ2) is 17.1. The predicted molar refractivity (Wildman–Crippen MR) is 222 cm³/mol. The standard InChI is InChI=1S/C24H72O11Si12/c1-36(25-38(3,4)5)27-40(9,10)29-42(13,14)31-44(17,18)33-46(21,22)35-47(23,24)34-45(19,20)32-43(15,16)30-41(11,12)28-37(2)26-39(6,7)8/h1-24H3. The molecule has 0 amide bonds. The Bertz CT molecular complexity index is 908. The summed E-state index contributed by atoms with van der Waals surface area (Å²) in [5, 5.41) is 0. The Labute approximate surface area is 304 Å². The van der Waals surface area contributed by atoms with E-state index in [1.165, 1.54) is 0 Å². The minimum absolute atomic E-state index is 1.41. The van der Waals surface area contributed by atoms with E-state index in [0.717, 1.165) is 0 Å². The Hall–Kier alpha value is 2.16. The van der Waals surface area contributed by atoms with Crippen molar-refractivity contribution in [3.63, 3.8) is 0 Å². The quantitative estimate of drug-likeness (QED) is 0.0978. The molecule has 23 heteroatoms. The molecule has 0 saturated heterocycles. The molecule has 0 saturated carbocycles. The zero-order chi connectivity index (χ0) is 37.9. The number of hydrogen-bond donors (Lipinski definition) is 0. The van der Waals surface area contributed by atoms with Crippen LogP contribution >= 0.6 is 0 Å². The van der Waals surface area contributed by atoms with Crippen LogP contribution in [-0.4, -0.2) is 104 Å². The summed E-state index contributed by atoms with van der Waals surface area (Å²) in [6.45, 7) is 50.2. The van der Waals surface area contributed by atoms with E-state index in [1.807, 2.05) is 13.1 Å². The van der Waals surface area contributed by atoms with E-state index < -0.39 is 104 Å². The molecular weight excluding hydrogens is 801 g/mol. The van der Waals surface area contributed by atoms with Gasteiger partial charge in [-0.3, -0.25) is 0 Å². The Kier molecular flexibility index (Phi) is 17.9. The van der Waals surface area contributed by atoms with Crippen molar-refractivity contribution in [2.24, 2.45) is 0 Å². The van der Waals surface area contributed by atoms with Gasteiger partial charge in [0.2, 0.25) is 0 Å². The Morgan fingerprint density at radius 1 is 0.234 bits per heavy atom. The lowest BCUT2D eigenvalue weighted by molar-refractivity contribution is 0.255. The van der Waals surface area contributed by atoms with Crippen molar-refractivity contribution >= 4 is 104 Å². The first-order valence-corrected chi connectivity index (χ1v) is 49.5. The zero-order valence-electron chi connectivity index (χ0n) is 34.5. The monoisotopic (exact) mass is 872 g/mol. The summed E-state index contributed by atoms with van der Waals surface area (Å²) in [7, 11) is -27.1. The molecule has 0 unspecified atom stereocenters. The lowest BCUT2D eigenvalue weighted by Gasteiger charge is -2.44. The van der Waals surface area contributed by atoms with Crippen molar-refractivity contribution in [3.05, 3.63) is 0 Å². The number of hydrogen-bond acceptors (Lipinski definition) is 11. The zero-order valence-corrected chi connectivity index (χ0v) is 46.5. The van der Waals surface area contributed by atoms with Gasteiger partial charge >= 0.3 is 87.1 Å². The van der Waals surface area contributed by atoms with Crippen LogP contribution in [0, 0.1) is 0 Å². The van der Waals surface area contributed by atoms with Crippen LogP contribution in [0.5, 0.6) is 0 Å². The first kappa shape index (κ1) is 49.2. The Morgan fingerprint density at radius 2 is 0.383 bits per heavy atom. The molecule has 0 aromatic heterocycles. The third kappa shape index (κ3) is 24.9. The van der Waals surface area contributed by atoms with E-state index in [2.05, 4.69) is 144 Å². The normalized spacial score (nSPS) is 15.7. The van der Waals surface area contributed by atoms with Crippen molar-refractivity contribution in [3.8, 4) is 0 Å². The van der Waals surface area contributed by atoms with Gasteiger partial charge in [0.1, 0.15) is 0 Å². The smallest absolute Gasteiger partial charge is 0.360 e. The van der Waals surface area contributed by atoms with Crippen LogP contribution in [0.3, 0.4) is 0 Å². The van der Waals surface area contributed by atoms with Gasteiger partial charge in [-0.2, -0.15) is 0 Å². The second-order valence-corrected chi connectivity index (χ2v) is 59.3. The molecule has 0 atom stereocenters. The highest BCUT2D eigenvalue weighted by Crippen LogP contribution is 2.30. The van der Waals surface area contributed by atoms with E-state index >= 15 is 0 Å². The van der Waals surface area contributed by atoms with E-state index in [1.54, 1.807) is 0 Å². The molecule has 0 N–H and O–H groups in total. The van der Waals surface area contributed by atoms with Gasteiger partial charge in [-0.1, -0.05) is 0 Å². The lowest BCUT2D eigenvalue weighted by atomic mass is 11.8. The maximum atomic E-state index is 6.77. The van der Waals surface area contributed by atoms with Gasteiger partial charge < -0.3 is 45.3 Å². The Balaban J connectivity index is 5.43. The molecule has 2 radical (unpaired) electrons. The molecule has 0 rings (SSSR count). The van der Waals surface area contributed by atoms with E-state index in [-0.39, 0.29) is 0 Å². The van der Waals surface area contributed by atoms with Crippen molar-refractivity contribution in [1.82, 2.24) is 0 Å². The molecular formula is C24H72O11Si12. The van der Waals surface area contributed by atoms with Gasteiger partial charge in [-0.15, -0.1) is 0 Å². The SMILES string of the molecule is C[Si](O[Si](C)(C)C)O[Si](C)(C)O[Si](C)(C)O[Si](C)(C)O[Si](C)(C)O[Si](C)(C)O[Si](C)(C)O[Si](C)(C)O[Si](C)(C)O[Si](C)O[Si](C)(C)C. The van der Waals surface area contributed by atoms with E-state index in [0.29, 0.717) is 0 Å². The summed E-state index contributed by atoms with van der Waals surface area (Å²) in [6, 6.07) is 0. The molecule has 0 aliphatic heterocycles. The summed E-state index contributed by atoms with van der Waals surface area (Å²) in [4.78, 5) is 0. The van der Waals surface area contributed by atoms with Gasteiger partial charge in [0.15, 0.2) is 16.6 Å². The average Bonchev–Trinajstić information content (AvgIpc) is 2.54. The summed E-state index contributed by atoms with van der Waals surface area (Å²) in [5.41, 5.74) is 0. The average molecular weight is 874 g/mol. The summed E-state index contributed by atoms with van der Waals surface area (Å²) in [6.07, 6.45) is 0. The minimum Gasteiger partial charge on any atom is -0.436 e. The number of rotatable bonds is 22. The summed E-state index contributed by atoms with van der Waals surface area (Å²) >= 11 is 0. The fraction of sp³-hybridized carbons (Fsp3) is 1.00. The highest BCUT2D eigenvalue weighted by Gasteiger charge is 2.50. The van der Waals surface area contributed by atoms with Crippen LogP contribution in [0.25, 0.3) is 0 Å². The highest BCUT2D eigenvalue weighted by molar-refractivity contribution is 6.92. The topological polar surface area (TPSA) is 102 Å². The third-order valence-electron chi connectivity index (χ3n) is 5.12. The van der Waals surface area contributed by atoms with Crippen molar-refractivity contribution in [1.29, 1.82) is 0 Å². The third-order valence-corrected chi connectivity index (χ3v) is 46.1. The van der Waals surface area contributed by atoms with Gasteiger partial charge in [-0.25, -0.2) is 0 Å². The molecule has 0 bridgehead atoms. The van der Waals surface area contributed by atoms with Crippen LogP contribution in [0.1, 0.15) is 0 Å². The van der Waals surface area contributed by atoms with Crippen molar-refractivity contribution in [2.45, 2.75) is 157 Å². The van der Waals surface area contributed by atoms with Gasteiger partial charge in [-0.05, 0) is 157 Å². The van der Waals surface area contributed by atoms with Crippen LogP contribution < -0.4 is 0 Å².